The fourth-order valence-electron chi connectivity index (χ4n) is 3.80. The van der Waals surface area contributed by atoms with Gasteiger partial charge in [-0.3, -0.25) is 4.79 Å². The molecule has 0 atom stereocenters. The molecular formula is C24H20N4O2. The summed E-state index contributed by atoms with van der Waals surface area (Å²) in [5.74, 6) is 0.504. The number of carbonyl (C=O) groups is 1. The van der Waals surface area contributed by atoms with E-state index in [1.165, 1.54) is 6.92 Å². The number of methoxy groups -OCH3 is 1. The Kier molecular flexibility index (Phi) is 4.25. The van der Waals surface area contributed by atoms with E-state index in [1.54, 1.807) is 13.2 Å². The maximum absolute atomic E-state index is 11.4. The summed E-state index contributed by atoms with van der Waals surface area (Å²) < 4.78 is 5.58. The first kappa shape index (κ1) is 18.0. The van der Waals surface area contributed by atoms with E-state index < -0.39 is 0 Å². The molecule has 6 nitrogen and oxygen atoms in total. The van der Waals surface area contributed by atoms with Gasteiger partial charge in [-0.1, -0.05) is 36.4 Å². The second-order valence-corrected chi connectivity index (χ2v) is 7.12. The van der Waals surface area contributed by atoms with Crippen molar-refractivity contribution in [1.29, 1.82) is 0 Å². The number of ether oxygens (including phenoxy) is 1. The van der Waals surface area contributed by atoms with Crippen LogP contribution >= 0.6 is 0 Å². The first-order valence-corrected chi connectivity index (χ1v) is 9.66. The van der Waals surface area contributed by atoms with Gasteiger partial charge in [0.05, 0.1) is 35.0 Å². The molecule has 0 saturated carbocycles. The van der Waals surface area contributed by atoms with Crippen LogP contribution < -0.4 is 15.4 Å². The van der Waals surface area contributed by atoms with Crippen LogP contribution in [0.3, 0.4) is 0 Å². The number of hydrogen-bond donors (Lipinski definition) is 3. The standard InChI is InChI=1S/C24H20N4O2/c1-14(29)25-15-11-12-20(21(13-15)30-2)28-23-16-7-3-5-9-18(16)26-22-17-8-4-6-10-19(17)27-24(22)23/h3-13,27H,1-2H3,(H,25,29)(H,26,28). The number of nitrogens with zero attached hydrogens (tertiary/aromatic N) is 1. The van der Waals surface area contributed by atoms with Gasteiger partial charge in [-0.15, -0.1) is 0 Å². The van der Waals surface area contributed by atoms with Crippen molar-refractivity contribution in [2.75, 3.05) is 17.7 Å². The van der Waals surface area contributed by atoms with Gasteiger partial charge in [-0.25, -0.2) is 4.98 Å². The summed E-state index contributed by atoms with van der Waals surface area (Å²) >= 11 is 0. The minimum Gasteiger partial charge on any atom is -0.494 e. The van der Waals surface area contributed by atoms with E-state index in [1.807, 2.05) is 54.6 Å². The molecular weight excluding hydrogens is 376 g/mol. The first-order valence-electron chi connectivity index (χ1n) is 9.66. The number of fused-ring (bicyclic) bond motifs is 4. The molecule has 2 aromatic heterocycles. The van der Waals surface area contributed by atoms with Crippen LogP contribution in [0.1, 0.15) is 6.92 Å². The number of carbonyl (C=O) groups excluding carboxylic acids is 1. The SMILES string of the molecule is COc1cc(NC(C)=O)ccc1Nc1c2ccccc2nc2c1[nH]c1ccccc12. The Hall–Kier alpha value is -4.06. The zero-order chi connectivity index (χ0) is 20.7. The van der Waals surface area contributed by atoms with E-state index in [2.05, 4.69) is 21.7 Å². The van der Waals surface area contributed by atoms with Crippen molar-refractivity contribution in [2.45, 2.75) is 6.92 Å². The van der Waals surface area contributed by atoms with Crippen molar-refractivity contribution >= 4 is 55.8 Å². The molecule has 1 amide bonds. The van der Waals surface area contributed by atoms with E-state index in [9.17, 15) is 4.79 Å². The number of amides is 1. The molecule has 0 radical (unpaired) electrons. The van der Waals surface area contributed by atoms with E-state index in [0.717, 1.165) is 44.2 Å². The Labute approximate surface area is 172 Å². The molecule has 148 valence electrons. The Morgan fingerprint density at radius 2 is 1.77 bits per heavy atom. The largest absolute Gasteiger partial charge is 0.494 e. The van der Waals surface area contributed by atoms with Crippen molar-refractivity contribution in [3.05, 3.63) is 66.7 Å². The van der Waals surface area contributed by atoms with Gasteiger partial charge in [0.15, 0.2) is 0 Å². The van der Waals surface area contributed by atoms with Gasteiger partial charge in [0.2, 0.25) is 5.91 Å². The number of rotatable bonds is 4. The lowest BCUT2D eigenvalue weighted by atomic mass is 10.1. The molecule has 0 aliphatic heterocycles. The Balaban J connectivity index is 1.72. The van der Waals surface area contributed by atoms with Crippen LogP contribution in [0.15, 0.2) is 66.7 Å². The molecule has 0 saturated heterocycles. The van der Waals surface area contributed by atoms with Gasteiger partial charge >= 0.3 is 0 Å². The monoisotopic (exact) mass is 396 g/mol. The molecule has 30 heavy (non-hydrogen) atoms. The van der Waals surface area contributed by atoms with Crippen LogP contribution in [-0.4, -0.2) is 23.0 Å². The lowest BCUT2D eigenvalue weighted by molar-refractivity contribution is -0.114. The molecule has 5 rings (SSSR count). The van der Waals surface area contributed by atoms with Crippen molar-refractivity contribution < 1.29 is 9.53 Å². The molecule has 6 heteroatoms. The van der Waals surface area contributed by atoms with Gasteiger partial charge in [0.1, 0.15) is 5.75 Å². The third-order valence-electron chi connectivity index (χ3n) is 5.12. The van der Waals surface area contributed by atoms with E-state index >= 15 is 0 Å². The number of hydrogen-bond acceptors (Lipinski definition) is 4. The smallest absolute Gasteiger partial charge is 0.221 e. The van der Waals surface area contributed by atoms with Crippen LogP contribution in [0, 0.1) is 0 Å². The number of benzene rings is 3. The van der Waals surface area contributed by atoms with Crippen LogP contribution in [0.2, 0.25) is 0 Å². The molecule has 0 bridgehead atoms. The molecule has 3 aromatic carbocycles. The van der Waals surface area contributed by atoms with Gasteiger partial charge in [0.25, 0.3) is 0 Å². The molecule has 3 N–H and O–H groups in total. The summed E-state index contributed by atoms with van der Waals surface area (Å²) in [6.07, 6.45) is 0. The van der Waals surface area contributed by atoms with Crippen LogP contribution in [0.25, 0.3) is 32.8 Å². The van der Waals surface area contributed by atoms with Crippen LogP contribution in [-0.2, 0) is 4.79 Å². The number of pyridine rings is 1. The molecule has 0 spiro atoms. The summed E-state index contributed by atoms with van der Waals surface area (Å²) in [7, 11) is 1.61. The normalized spacial score (nSPS) is 11.1. The topological polar surface area (TPSA) is 79.0 Å². The fraction of sp³-hybridized carbons (Fsp3) is 0.0833. The van der Waals surface area contributed by atoms with Crippen LogP contribution in [0.4, 0.5) is 17.1 Å². The Morgan fingerprint density at radius 1 is 1.00 bits per heavy atom. The van der Waals surface area contributed by atoms with Gasteiger partial charge in [-0.2, -0.15) is 0 Å². The molecule has 0 aliphatic rings. The number of anilines is 3. The second-order valence-electron chi connectivity index (χ2n) is 7.12. The maximum Gasteiger partial charge on any atom is 0.221 e. The zero-order valence-corrected chi connectivity index (χ0v) is 16.6. The number of nitrogens with one attached hydrogen (secondary N) is 3. The summed E-state index contributed by atoms with van der Waals surface area (Å²) in [5.41, 5.74) is 6.20. The van der Waals surface area contributed by atoms with E-state index in [4.69, 9.17) is 9.72 Å². The van der Waals surface area contributed by atoms with Crippen molar-refractivity contribution in [3.63, 3.8) is 0 Å². The first-order chi connectivity index (χ1) is 14.6. The average molecular weight is 396 g/mol. The van der Waals surface area contributed by atoms with Crippen molar-refractivity contribution in [1.82, 2.24) is 9.97 Å². The predicted molar refractivity (Wildman–Crippen MR) is 122 cm³/mol. The minimum absolute atomic E-state index is 0.127. The number of H-pyrrole nitrogens is 1. The molecule has 0 aliphatic carbocycles. The highest BCUT2D eigenvalue weighted by molar-refractivity contribution is 6.16. The number of aromatic amines is 1. The molecule has 0 unspecified atom stereocenters. The summed E-state index contributed by atoms with van der Waals surface area (Å²) in [6.45, 7) is 1.48. The molecule has 2 heterocycles. The van der Waals surface area contributed by atoms with Gasteiger partial charge < -0.3 is 20.4 Å². The van der Waals surface area contributed by atoms with E-state index in [-0.39, 0.29) is 5.91 Å². The predicted octanol–water partition coefficient (Wildman–Crippen LogP) is 5.58. The highest BCUT2D eigenvalue weighted by Gasteiger charge is 2.15. The number of para-hydroxylation sites is 2. The summed E-state index contributed by atoms with van der Waals surface area (Å²) in [6, 6.07) is 21.7. The highest BCUT2D eigenvalue weighted by atomic mass is 16.5. The lowest BCUT2D eigenvalue weighted by Crippen LogP contribution is -2.06. The van der Waals surface area contributed by atoms with E-state index in [0.29, 0.717) is 11.4 Å². The van der Waals surface area contributed by atoms with Gasteiger partial charge in [0, 0.05) is 35.0 Å². The zero-order valence-electron chi connectivity index (χ0n) is 16.6. The highest BCUT2D eigenvalue weighted by Crippen LogP contribution is 2.38. The fourth-order valence-corrected chi connectivity index (χ4v) is 3.80. The second kappa shape index (κ2) is 7.08. The Bertz CT molecular complexity index is 1420. The van der Waals surface area contributed by atoms with Gasteiger partial charge in [-0.05, 0) is 24.3 Å². The van der Waals surface area contributed by atoms with Crippen LogP contribution in [0.5, 0.6) is 5.75 Å². The Morgan fingerprint density at radius 3 is 2.57 bits per heavy atom. The maximum atomic E-state index is 11.4. The lowest BCUT2D eigenvalue weighted by Gasteiger charge is -2.15. The van der Waals surface area contributed by atoms with Crippen molar-refractivity contribution in [2.24, 2.45) is 0 Å². The molecule has 5 aromatic rings. The minimum atomic E-state index is -0.127. The summed E-state index contributed by atoms with van der Waals surface area (Å²) in [5, 5.41) is 8.41. The summed E-state index contributed by atoms with van der Waals surface area (Å²) in [4.78, 5) is 19.8. The quantitative estimate of drug-likeness (QED) is 0.370. The third-order valence-corrected chi connectivity index (χ3v) is 5.12. The average Bonchev–Trinajstić information content (AvgIpc) is 3.12. The third kappa shape index (κ3) is 2.99. The molecule has 0 fully saturated rings. The van der Waals surface area contributed by atoms with Crippen molar-refractivity contribution in [3.8, 4) is 5.75 Å². The number of aromatic nitrogens is 2.